The van der Waals surface area contributed by atoms with Gasteiger partial charge in [-0.05, 0) is 30.5 Å². The summed E-state index contributed by atoms with van der Waals surface area (Å²) in [6.45, 7) is 0.372. The van der Waals surface area contributed by atoms with Crippen LogP contribution in [0.1, 0.15) is 24.5 Å². The first kappa shape index (κ1) is 15.0. The van der Waals surface area contributed by atoms with E-state index in [4.69, 9.17) is 0 Å². The maximum absolute atomic E-state index is 11.5. The van der Waals surface area contributed by atoms with Crippen molar-refractivity contribution in [2.45, 2.75) is 25.0 Å². The van der Waals surface area contributed by atoms with Crippen LogP contribution in [-0.2, 0) is 9.84 Å². The van der Waals surface area contributed by atoms with Crippen LogP contribution in [0.25, 0.3) is 0 Å². The topological polar surface area (TPSA) is 66.4 Å². The molecule has 1 aliphatic heterocycles. The lowest BCUT2D eigenvalue weighted by molar-refractivity contribution is 0.169. The molecule has 0 saturated carbocycles. The average molecular weight is 348 g/mol. The number of sulfone groups is 1. The highest BCUT2D eigenvalue weighted by molar-refractivity contribution is 9.10. The molecule has 6 heteroatoms. The van der Waals surface area contributed by atoms with E-state index in [2.05, 4.69) is 21.2 Å². The van der Waals surface area contributed by atoms with Crippen LogP contribution in [0.15, 0.2) is 28.7 Å². The lowest BCUT2D eigenvalue weighted by atomic mass is 10.1. The van der Waals surface area contributed by atoms with E-state index < -0.39 is 15.9 Å². The number of halogens is 1. The molecule has 0 amide bonds. The van der Waals surface area contributed by atoms with Crippen molar-refractivity contribution in [2.75, 3.05) is 18.1 Å². The average Bonchev–Trinajstić information content (AvgIpc) is 2.35. The molecule has 19 heavy (non-hydrogen) atoms. The summed E-state index contributed by atoms with van der Waals surface area (Å²) in [6, 6.07) is 7.45. The molecule has 1 aromatic rings. The quantitative estimate of drug-likeness (QED) is 0.868. The zero-order chi connectivity index (χ0) is 13.9. The second-order valence-corrected chi connectivity index (χ2v) is 8.08. The van der Waals surface area contributed by atoms with Crippen molar-refractivity contribution in [3.8, 4) is 0 Å². The summed E-state index contributed by atoms with van der Waals surface area (Å²) in [5.41, 5.74) is 0.820. The van der Waals surface area contributed by atoms with Gasteiger partial charge in [-0.3, -0.25) is 0 Å². The summed E-state index contributed by atoms with van der Waals surface area (Å²) in [5, 5.41) is 13.2. The monoisotopic (exact) mass is 347 g/mol. The van der Waals surface area contributed by atoms with Crippen LogP contribution in [0, 0.1) is 0 Å². The van der Waals surface area contributed by atoms with Crippen molar-refractivity contribution in [3.05, 3.63) is 34.3 Å². The lowest BCUT2D eigenvalue weighted by Gasteiger charge is -2.24. The minimum absolute atomic E-state index is 0.0412. The van der Waals surface area contributed by atoms with E-state index in [1.165, 1.54) is 0 Å². The fourth-order valence-electron chi connectivity index (χ4n) is 2.29. The first-order valence-electron chi connectivity index (χ1n) is 6.33. The third kappa shape index (κ3) is 4.56. The Labute approximate surface area is 122 Å². The van der Waals surface area contributed by atoms with Gasteiger partial charge in [0.25, 0.3) is 0 Å². The first-order chi connectivity index (χ1) is 8.96. The number of nitrogens with one attached hydrogen (secondary N) is 1. The van der Waals surface area contributed by atoms with Crippen LogP contribution in [-0.4, -0.2) is 37.6 Å². The number of aliphatic hydroxyl groups excluding tert-OH is 1. The third-order valence-corrected chi connectivity index (χ3v) is 5.61. The van der Waals surface area contributed by atoms with E-state index in [0.717, 1.165) is 16.5 Å². The minimum atomic E-state index is -2.90. The number of rotatable bonds is 4. The SMILES string of the molecule is O=S1(=O)CCCC(NCC(O)c2cccc(Br)c2)C1. The summed E-state index contributed by atoms with van der Waals surface area (Å²) in [6.07, 6.45) is 0.930. The van der Waals surface area contributed by atoms with E-state index >= 15 is 0 Å². The Kier molecular flexibility index (Phi) is 5.00. The standard InChI is InChI=1S/C13H18BrNO3S/c14-11-4-1-3-10(7-11)13(16)8-15-12-5-2-6-19(17,18)9-12/h1,3-4,7,12-13,15-16H,2,5-6,8-9H2. The molecule has 0 radical (unpaired) electrons. The molecule has 0 aromatic heterocycles. The van der Waals surface area contributed by atoms with Crippen LogP contribution >= 0.6 is 15.9 Å². The Hall–Kier alpha value is -0.430. The molecule has 1 aliphatic rings. The third-order valence-electron chi connectivity index (χ3n) is 3.30. The Morgan fingerprint density at radius 3 is 2.95 bits per heavy atom. The molecular weight excluding hydrogens is 330 g/mol. The number of aliphatic hydroxyl groups is 1. The lowest BCUT2D eigenvalue weighted by Crippen LogP contribution is -2.41. The van der Waals surface area contributed by atoms with Gasteiger partial charge in [-0.25, -0.2) is 8.42 Å². The molecule has 1 saturated heterocycles. The Morgan fingerprint density at radius 1 is 1.47 bits per heavy atom. The zero-order valence-electron chi connectivity index (χ0n) is 10.5. The molecule has 2 rings (SSSR count). The van der Waals surface area contributed by atoms with Crippen LogP contribution < -0.4 is 5.32 Å². The van der Waals surface area contributed by atoms with E-state index in [9.17, 15) is 13.5 Å². The zero-order valence-corrected chi connectivity index (χ0v) is 13.0. The molecule has 0 spiro atoms. The van der Waals surface area contributed by atoms with Gasteiger partial charge in [-0.1, -0.05) is 28.1 Å². The van der Waals surface area contributed by atoms with E-state index in [-0.39, 0.29) is 11.8 Å². The molecule has 1 aromatic carbocycles. The predicted octanol–water partition coefficient (Wildman–Crippen LogP) is 1.65. The molecule has 0 aliphatic carbocycles. The molecule has 2 atom stereocenters. The maximum Gasteiger partial charge on any atom is 0.151 e. The number of hydrogen-bond acceptors (Lipinski definition) is 4. The van der Waals surface area contributed by atoms with E-state index in [0.29, 0.717) is 18.7 Å². The normalized spacial score (nSPS) is 24.0. The Morgan fingerprint density at radius 2 is 2.26 bits per heavy atom. The van der Waals surface area contributed by atoms with Gasteiger partial charge in [0.1, 0.15) is 0 Å². The van der Waals surface area contributed by atoms with Crippen molar-refractivity contribution >= 4 is 25.8 Å². The maximum atomic E-state index is 11.5. The van der Waals surface area contributed by atoms with Crippen molar-refractivity contribution in [1.29, 1.82) is 0 Å². The summed E-state index contributed by atoms with van der Waals surface area (Å²) < 4.78 is 23.9. The Bertz CT molecular complexity index is 532. The molecule has 1 heterocycles. The van der Waals surface area contributed by atoms with Gasteiger partial charge in [0.15, 0.2) is 9.84 Å². The van der Waals surface area contributed by atoms with Crippen molar-refractivity contribution in [1.82, 2.24) is 5.32 Å². The fourth-order valence-corrected chi connectivity index (χ4v) is 4.38. The highest BCUT2D eigenvalue weighted by Gasteiger charge is 2.24. The van der Waals surface area contributed by atoms with Crippen LogP contribution in [0.2, 0.25) is 0 Å². The van der Waals surface area contributed by atoms with Crippen LogP contribution in [0.4, 0.5) is 0 Å². The molecule has 2 N–H and O–H groups in total. The number of benzene rings is 1. The largest absolute Gasteiger partial charge is 0.387 e. The molecule has 2 unspecified atom stereocenters. The molecular formula is C13H18BrNO3S. The fraction of sp³-hybridized carbons (Fsp3) is 0.538. The van der Waals surface area contributed by atoms with Gasteiger partial charge < -0.3 is 10.4 Å². The first-order valence-corrected chi connectivity index (χ1v) is 8.95. The minimum Gasteiger partial charge on any atom is -0.387 e. The predicted molar refractivity (Wildman–Crippen MR) is 78.8 cm³/mol. The second kappa shape index (κ2) is 6.35. The van der Waals surface area contributed by atoms with E-state index in [1.807, 2.05) is 24.3 Å². The highest BCUT2D eigenvalue weighted by atomic mass is 79.9. The second-order valence-electron chi connectivity index (χ2n) is 4.93. The van der Waals surface area contributed by atoms with Gasteiger partial charge in [0.05, 0.1) is 17.6 Å². The van der Waals surface area contributed by atoms with Crippen LogP contribution in [0.3, 0.4) is 0 Å². The summed E-state index contributed by atoms with van der Waals surface area (Å²) in [7, 11) is -2.90. The van der Waals surface area contributed by atoms with Crippen molar-refractivity contribution in [2.24, 2.45) is 0 Å². The summed E-state index contributed by atoms with van der Waals surface area (Å²) in [5.74, 6) is 0.470. The number of hydrogen-bond donors (Lipinski definition) is 2. The Balaban J connectivity index is 1.88. The molecule has 4 nitrogen and oxygen atoms in total. The van der Waals surface area contributed by atoms with Gasteiger partial charge in [-0.15, -0.1) is 0 Å². The summed E-state index contributed by atoms with van der Waals surface area (Å²) >= 11 is 3.36. The molecule has 1 fully saturated rings. The van der Waals surface area contributed by atoms with Gasteiger partial charge in [0.2, 0.25) is 0 Å². The van der Waals surface area contributed by atoms with Crippen LogP contribution in [0.5, 0.6) is 0 Å². The van der Waals surface area contributed by atoms with Crippen molar-refractivity contribution < 1.29 is 13.5 Å². The van der Waals surface area contributed by atoms with Crippen molar-refractivity contribution in [3.63, 3.8) is 0 Å². The summed E-state index contributed by atoms with van der Waals surface area (Å²) in [4.78, 5) is 0. The van der Waals surface area contributed by atoms with Gasteiger partial charge in [0, 0.05) is 17.1 Å². The van der Waals surface area contributed by atoms with Gasteiger partial charge >= 0.3 is 0 Å². The van der Waals surface area contributed by atoms with E-state index in [1.54, 1.807) is 0 Å². The molecule has 0 bridgehead atoms. The highest BCUT2D eigenvalue weighted by Crippen LogP contribution is 2.18. The van der Waals surface area contributed by atoms with Gasteiger partial charge in [-0.2, -0.15) is 0 Å². The molecule has 106 valence electrons. The smallest absolute Gasteiger partial charge is 0.151 e.